The lowest BCUT2D eigenvalue weighted by molar-refractivity contribution is -0.123. The molecule has 1 aliphatic rings. The Bertz CT molecular complexity index is 454. The molecular formula is C15H26N4O2. The van der Waals surface area contributed by atoms with Crippen LogP contribution >= 0.6 is 0 Å². The third kappa shape index (κ3) is 4.27. The Morgan fingerprint density at radius 3 is 2.81 bits per heavy atom. The fraction of sp³-hybridized carbons (Fsp3) is 0.800. The molecular weight excluding hydrogens is 268 g/mol. The summed E-state index contributed by atoms with van der Waals surface area (Å²) in [7, 11) is 0. The van der Waals surface area contributed by atoms with Gasteiger partial charge in [0.25, 0.3) is 0 Å². The molecule has 0 aromatic carbocycles. The molecule has 0 radical (unpaired) electrons. The van der Waals surface area contributed by atoms with Crippen molar-refractivity contribution < 1.29 is 9.32 Å². The molecule has 1 amide bonds. The summed E-state index contributed by atoms with van der Waals surface area (Å²) in [6.45, 7) is 3.85. The Morgan fingerprint density at radius 2 is 2.14 bits per heavy atom. The van der Waals surface area contributed by atoms with Crippen molar-refractivity contribution in [2.24, 2.45) is 5.73 Å². The largest absolute Gasteiger partial charge is 0.343 e. The highest BCUT2D eigenvalue weighted by atomic mass is 16.5. The minimum Gasteiger partial charge on any atom is -0.343 e. The summed E-state index contributed by atoms with van der Waals surface area (Å²) >= 11 is 0. The third-order valence-corrected chi connectivity index (χ3v) is 4.09. The van der Waals surface area contributed by atoms with Crippen molar-refractivity contribution in [2.75, 3.05) is 0 Å². The molecule has 1 fully saturated rings. The van der Waals surface area contributed by atoms with Gasteiger partial charge < -0.3 is 15.6 Å². The van der Waals surface area contributed by atoms with E-state index in [-0.39, 0.29) is 11.9 Å². The highest BCUT2D eigenvalue weighted by Gasteiger charge is 2.24. The van der Waals surface area contributed by atoms with Gasteiger partial charge in [-0.1, -0.05) is 37.8 Å². The van der Waals surface area contributed by atoms with E-state index in [1.807, 2.05) is 13.8 Å². The van der Waals surface area contributed by atoms with E-state index in [4.69, 9.17) is 10.3 Å². The normalized spacial score (nSPS) is 19.2. The van der Waals surface area contributed by atoms with Crippen LogP contribution in [0.1, 0.15) is 82.5 Å². The zero-order chi connectivity index (χ0) is 15.2. The standard InChI is InChI=1S/C15H26N4O2/c1-3-7-12(16)14(20)17-10(2)15-18-13(19-21-15)11-8-5-4-6-9-11/h10-12H,3-9,16H2,1-2H3,(H,17,20). The zero-order valence-electron chi connectivity index (χ0n) is 13.0. The minimum absolute atomic E-state index is 0.165. The maximum absolute atomic E-state index is 11.9. The monoisotopic (exact) mass is 294 g/mol. The average molecular weight is 294 g/mol. The Morgan fingerprint density at radius 1 is 1.43 bits per heavy atom. The van der Waals surface area contributed by atoms with E-state index in [2.05, 4.69) is 15.5 Å². The molecule has 0 spiro atoms. The van der Waals surface area contributed by atoms with Crippen LogP contribution in [0.3, 0.4) is 0 Å². The minimum atomic E-state index is -0.474. The number of nitrogens with two attached hydrogens (primary N) is 1. The summed E-state index contributed by atoms with van der Waals surface area (Å²) < 4.78 is 5.30. The Kier molecular flexibility index (Phi) is 5.73. The zero-order valence-corrected chi connectivity index (χ0v) is 13.0. The number of aromatic nitrogens is 2. The molecule has 3 N–H and O–H groups in total. The summed E-state index contributed by atoms with van der Waals surface area (Å²) in [5, 5.41) is 6.92. The Hall–Kier alpha value is -1.43. The van der Waals surface area contributed by atoms with Crippen molar-refractivity contribution in [3.05, 3.63) is 11.7 Å². The quantitative estimate of drug-likeness (QED) is 0.840. The number of rotatable bonds is 6. The molecule has 6 heteroatoms. The SMILES string of the molecule is CCCC(N)C(=O)NC(C)c1nc(C2CCCCC2)no1. The molecule has 21 heavy (non-hydrogen) atoms. The maximum atomic E-state index is 11.9. The van der Waals surface area contributed by atoms with Crippen LogP contribution in [-0.4, -0.2) is 22.1 Å². The number of nitrogens with zero attached hydrogens (tertiary/aromatic N) is 2. The molecule has 2 atom stereocenters. The molecule has 0 bridgehead atoms. The lowest BCUT2D eigenvalue weighted by atomic mass is 9.89. The van der Waals surface area contributed by atoms with E-state index in [0.717, 1.165) is 25.1 Å². The van der Waals surface area contributed by atoms with Crippen molar-refractivity contribution in [3.8, 4) is 0 Å². The number of amides is 1. The van der Waals surface area contributed by atoms with E-state index in [0.29, 0.717) is 18.2 Å². The first-order valence-electron chi connectivity index (χ1n) is 8.01. The summed E-state index contributed by atoms with van der Waals surface area (Å²) in [5.41, 5.74) is 5.80. The van der Waals surface area contributed by atoms with Gasteiger partial charge in [0.05, 0.1) is 6.04 Å². The van der Waals surface area contributed by atoms with Gasteiger partial charge in [0.1, 0.15) is 6.04 Å². The van der Waals surface area contributed by atoms with Gasteiger partial charge in [-0.05, 0) is 26.2 Å². The molecule has 1 aliphatic carbocycles. The molecule has 2 rings (SSSR count). The topological polar surface area (TPSA) is 94.0 Å². The lowest BCUT2D eigenvalue weighted by Crippen LogP contribution is -2.41. The van der Waals surface area contributed by atoms with Crippen molar-refractivity contribution >= 4 is 5.91 Å². The molecule has 0 aliphatic heterocycles. The van der Waals surface area contributed by atoms with Crippen LogP contribution in [0.2, 0.25) is 0 Å². The van der Waals surface area contributed by atoms with E-state index < -0.39 is 6.04 Å². The van der Waals surface area contributed by atoms with E-state index >= 15 is 0 Å². The predicted molar refractivity (Wildman–Crippen MR) is 79.6 cm³/mol. The van der Waals surface area contributed by atoms with Gasteiger partial charge in [-0.3, -0.25) is 4.79 Å². The van der Waals surface area contributed by atoms with Gasteiger partial charge in [0, 0.05) is 5.92 Å². The van der Waals surface area contributed by atoms with Crippen LogP contribution in [0.15, 0.2) is 4.52 Å². The van der Waals surface area contributed by atoms with Crippen LogP contribution in [0.5, 0.6) is 0 Å². The first kappa shape index (κ1) is 15.9. The van der Waals surface area contributed by atoms with Crippen LogP contribution in [-0.2, 0) is 4.79 Å². The van der Waals surface area contributed by atoms with Gasteiger partial charge in [-0.2, -0.15) is 4.98 Å². The smallest absolute Gasteiger partial charge is 0.248 e. The van der Waals surface area contributed by atoms with E-state index in [1.54, 1.807) is 0 Å². The second-order valence-corrected chi connectivity index (χ2v) is 5.95. The summed E-state index contributed by atoms with van der Waals surface area (Å²) in [4.78, 5) is 16.4. The molecule has 1 saturated carbocycles. The first-order valence-corrected chi connectivity index (χ1v) is 8.01. The van der Waals surface area contributed by atoms with E-state index in [9.17, 15) is 4.79 Å². The van der Waals surface area contributed by atoms with Crippen molar-refractivity contribution in [3.63, 3.8) is 0 Å². The number of hydrogen-bond acceptors (Lipinski definition) is 5. The van der Waals surface area contributed by atoms with Gasteiger partial charge >= 0.3 is 0 Å². The van der Waals surface area contributed by atoms with Gasteiger partial charge in [-0.15, -0.1) is 0 Å². The fourth-order valence-corrected chi connectivity index (χ4v) is 2.77. The van der Waals surface area contributed by atoms with Crippen molar-refractivity contribution in [1.29, 1.82) is 0 Å². The number of nitrogens with one attached hydrogen (secondary N) is 1. The number of hydrogen-bond donors (Lipinski definition) is 2. The van der Waals surface area contributed by atoms with Gasteiger partial charge in [0.2, 0.25) is 11.8 Å². The van der Waals surface area contributed by atoms with Crippen LogP contribution in [0.25, 0.3) is 0 Å². The second-order valence-electron chi connectivity index (χ2n) is 5.95. The van der Waals surface area contributed by atoms with Gasteiger partial charge in [0.15, 0.2) is 5.82 Å². The number of carbonyl (C=O) groups excluding carboxylic acids is 1. The molecule has 1 aromatic heterocycles. The fourth-order valence-electron chi connectivity index (χ4n) is 2.77. The van der Waals surface area contributed by atoms with Crippen LogP contribution in [0, 0.1) is 0 Å². The van der Waals surface area contributed by atoms with E-state index in [1.165, 1.54) is 19.3 Å². The third-order valence-electron chi connectivity index (χ3n) is 4.09. The average Bonchev–Trinajstić information content (AvgIpc) is 2.98. The predicted octanol–water partition coefficient (Wildman–Crippen LogP) is 2.42. The highest BCUT2D eigenvalue weighted by molar-refractivity contribution is 5.81. The molecule has 1 aromatic rings. The highest BCUT2D eigenvalue weighted by Crippen LogP contribution is 2.31. The molecule has 6 nitrogen and oxygen atoms in total. The number of carbonyl (C=O) groups is 1. The summed E-state index contributed by atoms with van der Waals surface area (Å²) in [5.74, 6) is 1.49. The Balaban J connectivity index is 1.92. The molecule has 118 valence electrons. The van der Waals surface area contributed by atoms with Crippen LogP contribution in [0.4, 0.5) is 0 Å². The Labute approximate surface area is 125 Å². The lowest BCUT2D eigenvalue weighted by Gasteiger charge is -2.17. The second kappa shape index (κ2) is 7.54. The van der Waals surface area contributed by atoms with Gasteiger partial charge in [-0.25, -0.2) is 0 Å². The molecule has 2 unspecified atom stereocenters. The molecule has 0 saturated heterocycles. The van der Waals surface area contributed by atoms with Crippen molar-refractivity contribution in [1.82, 2.24) is 15.5 Å². The molecule has 1 heterocycles. The van der Waals surface area contributed by atoms with Crippen LogP contribution < -0.4 is 11.1 Å². The summed E-state index contributed by atoms with van der Waals surface area (Å²) in [6, 6.07) is -0.775. The summed E-state index contributed by atoms with van der Waals surface area (Å²) in [6.07, 6.45) is 7.57. The first-order chi connectivity index (χ1) is 10.1. The maximum Gasteiger partial charge on any atom is 0.248 e. The van der Waals surface area contributed by atoms with Crippen molar-refractivity contribution in [2.45, 2.75) is 76.8 Å².